The number of nitrogens with zero attached hydrogens (tertiary/aromatic N) is 2. The van der Waals surface area contributed by atoms with Gasteiger partial charge >= 0.3 is 0 Å². The van der Waals surface area contributed by atoms with E-state index in [1.807, 2.05) is 84.6 Å². The molecule has 34 heavy (non-hydrogen) atoms. The molecule has 1 aromatic heterocycles. The van der Waals surface area contributed by atoms with Crippen LogP contribution in [0.2, 0.25) is 0 Å². The second-order valence-electron chi connectivity index (χ2n) is 8.19. The topological polar surface area (TPSA) is 55.2 Å². The first-order chi connectivity index (χ1) is 16.7. The molecule has 0 N–H and O–H groups in total. The minimum atomic E-state index is -0.0967. The molecule has 0 aliphatic carbocycles. The Morgan fingerprint density at radius 1 is 0.853 bits per heavy atom. The van der Waals surface area contributed by atoms with Crippen molar-refractivity contribution in [2.75, 3.05) is 37.7 Å². The van der Waals surface area contributed by atoms with Crippen molar-refractivity contribution >= 4 is 22.6 Å². The molecule has 0 spiro atoms. The molecule has 5 rings (SSSR count). The maximum absolute atomic E-state index is 13.5. The fourth-order valence-electron chi connectivity index (χ4n) is 4.38. The summed E-state index contributed by atoms with van der Waals surface area (Å²) in [5, 5.41) is 0.908. The molecule has 4 aromatic rings. The van der Waals surface area contributed by atoms with Crippen LogP contribution < -0.4 is 14.4 Å². The van der Waals surface area contributed by atoms with Gasteiger partial charge in [0.1, 0.15) is 23.7 Å². The van der Waals surface area contributed by atoms with Crippen LogP contribution in [-0.2, 0) is 6.61 Å². The normalized spacial score (nSPS) is 13.8. The highest BCUT2D eigenvalue weighted by Gasteiger charge is 2.29. The Bertz CT molecular complexity index is 1260. The van der Waals surface area contributed by atoms with Crippen LogP contribution in [0.25, 0.3) is 11.0 Å². The maximum Gasteiger partial charge on any atom is 0.290 e. The van der Waals surface area contributed by atoms with Gasteiger partial charge in [-0.3, -0.25) is 4.79 Å². The summed E-state index contributed by atoms with van der Waals surface area (Å²) in [5.41, 5.74) is 2.55. The summed E-state index contributed by atoms with van der Waals surface area (Å²) < 4.78 is 17.9. The molecular formula is C28H28N2O4. The number of carbonyl (C=O) groups excluding carboxylic acids is 1. The smallest absolute Gasteiger partial charge is 0.290 e. The summed E-state index contributed by atoms with van der Waals surface area (Å²) in [6, 6.07) is 25.4. The summed E-state index contributed by atoms with van der Waals surface area (Å²) in [5.74, 6) is 1.90. The molecule has 1 aliphatic rings. The third kappa shape index (κ3) is 4.44. The number of benzene rings is 3. The number of furan rings is 1. The molecule has 3 aromatic carbocycles. The van der Waals surface area contributed by atoms with E-state index in [0.29, 0.717) is 31.0 Å². The van der Waals surface area contributed by atoms with Gasteiger partial charge in [0, 0.05) is 37.1 Å². The summed E-state index contributed by atoms with van der Waals surface area (Å²) in [6.07, 6.45) is 0. The van der Waals surface area contributed by atoms with Crippen molar-refractivity contribution in [1.82, 2.24) is 4.90 Å². The number of para-hydroxylation sites is 4. The Hall–Kier alpha value is -3.93. The van der Waals surface area contributed by atoms with Gasteiger partial charge in [0.15, 0.2) is 5.76 Å². The van der Waals surface area contributed by atoms with Crippen LogP contribution in [0.15, 0.2) is 83.3 Å². The van der Waals surface area contributed by atoms with Crippen molar-refractivity contribution < 1.29 is 18.7 Å². The maximum atomic E-state index is 13.5. The number of ether oxygens (including phenoxy) is 2. The van der Waals surface area contributed by atoms with Crippen molar-refractivity contribution in [3.8, 4) is 11.5 Å². The lowest BCUT2D eigenvalue weighted by molar-refractivity contribution is 0.0713. The number of carbonyl (C=O) groups is 1. The van der Waals surface area contributed by atoms with Gasteiger partial charge in [0.05, 0.1) is 12.3 Å². The lowest BCUT2D eigenvalue weighted by Crippen LogP contribution is -2.49. The minimum absolute atomic E-state index is 0.0967. The van der Waals surface area contributed by atoms with Crippen molar-refractivity contribution in [2.45, 2.75) is 13.5 Å². The van der Waals surface area contributed by atoms with Crippen LogP contribution in [-0.4, -0.2) is 43.6 Å². The van der Waals surface area contributed by atoms with Gasteiger partial charge < -0.3 is 23.7 Å². The molecule has 1 saturated heterocycles. The third-order valence-electron chi connectivity index (χ3n) is 6.09. The van der Waals surface area contributed by atoms with Gasteiger partial charge in [0.2, 0.25) is 0 Å². The van der Waals surface area contributed by atoms with Crippen LogP contribution in [0.5, 0.6) is 11.5 Å². The van der Waals surface area contributed by atoms with Gasteiger partial charge in [-0.05, 0) is 37.3 Å². The Morgan fingerprint density at radius 2 is 1.56 bits per heavy atom. The molecule has 2 heterocycles. The van der Waals surface area contributed by atoms with Gasteiger partial charge in [-0.1, -0.05) is 48.5 Å². The second kappa shape index (κ2) is 9.91. The first-order valence-electron chi connectivity index (χ1n) is 11.7. The average molecular weight is 457 g/mol. The second-order valence-corrected chi connectivity index (χ2v) is 8.19. The van der Waals surface area contributed by atoms with E-state index in [1.54, 1.807) is 0 Å². The first-order valence-corrected chi connectivity index (χ1v) is 11.7. The van der Waals surface area contributed by atoms with Gasteiger partial charge in [0.25, 0.3) is 5.91 Å². The van der Waals surface area contributed by atoms with E-state index in [9.17, 15) is 4.79 Å². The summed E-state index contributed by atoms with van der Waals surface area (Å²) in [6.45, 7) is 5.54. The number of hydrogen-bond acceptors (Lipinski definition) is 5. The molecule has 0 unspecified atom stereocenters. The quantitative estimate of drug-likeness (QED) is 0.374. The molecule has 174 valence electrons. The largest absolute Gasteiger partial charge is 0.492 e. The van der Waals surface area contributed by atoms with E-state index < -0.39 is 0 Å². The van der Waals surface area contributed by atoms with E-state index in [0.717, 1.165) is 41.2 Å². The first kappa shape index (κ1) is 21.9. The van der Waals surface area contributed by atoms with Crippen LogP contribution in [0.1, 0.15) is 23.0 Å². The van der Waals surface area contributed by atoms with Crippen LogP contribution in [0.4, 0.5) is 5.69 Å². The number of fused-ring (bicyclic) bond motifs is 1. The predicted molar refractivity (Wildman–Crippen MR) is 133 cm³/mol. The lowest BCUT2D eigenvalue weighted by Gasteiger charge is -2.36. The monoisotopic (exact) mass is 456 g/mol. The van der Waals surface area contributed by atoms with Crippen molar-refractivity contribution in [2.24, 2.45) is 0 Å². The van der Waals surface area contributed by atoms with Crippen LogP contribution in [0.3, 0.4) is 0 Å². The third-order valence-corrected chi connectivity index (χ3v) is 6.09. The van der Waals surface area contributed by atoms with Crippen molar-refractivity contribution in [1.29, 1.82) is 0 Å². The zero-order valence-electron chi connectivity index (χ0n) is 19.3. The number of amides is 1. The van der Waals surface area contributed by atoms with Gasteiger partial charge in [-0.25, -0.2) is 0 Å². The van der Waals surface area contributed by atoms with Gasteiger partial charge in [-0.2, -0.15) is 0 Å². The lowest BCUT2D eigenvalue weighted by atomic mass is 10.1. The van der Waals surface area contributed by atoms with Gasteiger partial charge in [-0.15, -0.1) is 0 Å². The average Bonchev–Trinajstić information content (AvgIpc) is 3.27. The Balaban J connectivity index is 1.34. The highest BCUT2D eigenvalue weighted by molar-refractivity contribution is 5.99. The Morgan fingerprint density at radius 3 is 2.35 bits per heavy atom. The van der Waals surface area contributed by atoms with E-state index >= 15 is 0 Å². The number of rotatable bonds is 7. The van der Waals surface area contributed by atoms with Crippen molar-refractivity contribution in [3.05, 3.63) is 90.2 Å². The summed E-state index contributed by atoms with van der Waals surface area (Å²) in [4.78, 5) is 17.7. The van der Waals surface area contributed by atoms with Crippen molar-refractivity contribution in [3.63, 3.8) is 0 Å². The predicted octanol–water partition coefficient (Wildman–Crippen LogP) is 5.37. The van der Waals surface area contributed by atoms with E-state index in [2.05, 4.69) is 11.0 Å². The molecule has 6 heteroatoms. The summed E-state index contributed by atoms with van der Waals surface area (Å²) in [7, 11) is 0. The fourth-order valence-corrected chi connectivity index (χ4v) is 4.38. The number of anilines is 1. The molecule has 1 fully saturated rings. The Labute approximate surface area is 199 Å². The van der Waals surface area contributed by atoms with E-state index in [1.165, 1.54) is 0 Å². The number of hydrogen-bond donors (Lipinski definition) is 0. The zero-order valence-corrected chi connectivity index (χ0v) is 19.3. The Kier molecular flexibility index (Phi) is 6.38. The van der Waals surface area contributed by atoms with E-state index in [-0.39, 0.29) is 12.5 Å². The molecule has 0 bridgehead atoms. The minimum Gasteiger partial charge on any atom is -0.492 e. The molecular weight excluding hydrogens is 428 g/mol. The molecule has 1 aliphatic heterocycles. The summed E-state index contributed by atoms with van der Waals surface area (Å²) >= 11 is 0. The van der Waals surface area contributed by atoms with Crippen LogP contribution in [0, 0.1) is 0 Å². The molecule has 0 saturated carbocycles. The van der Waals surface area contributed by atoms with Crippen LogP contribution >= 0.6 is 0 Å². The molecule has 6 nitrogen and oxygen atoms in total. The molecule has 1 amide bonds. The molecule has 0 atom stereocenters. The zero-order chi connectivity index (χ0) is 23.3. The highest BCUT2D eigenvalue weighted by Crippen LogP contribution is 2.31. The van der Waals surface area contributed by atoms with E-state index in [4.69, 9.17) is 13.9 Å². The highest BCUT2D eigenvalue weighted by atomic mass is 16.5. The SMILES string of the molecule is CCOc1ccccc1N1CCN(C(=O)c2oc3ccccc3c2COc2ccccc2)CC1. The molecule has 0 radical (unpaired) electrons. The standard InChI is InChI=1S/C28H28N2O4/c1-2-32-26-15-9-7-13-24(26)29-16-18-30(19-17-29)28(31)27-23(20-33-21-10-4-3-5-11-21)22-12-6-8-14-25(22)34-27/h3-15H,2,16-20H2,1H3. The number of piperazine rings is 1. The fraction of sp³-hybridized carbons (Fsp3) is 0.250.